The minimum atomic E-state index is -0.781. The molecule has 26 heavy (non-hydrogen) atoms. The number of carbonyl (C=O) groups is 1. The molecule has 1 atom stereocenters. The lowest BCUT2D eigenvalue weighted by molar-refractivity contribution is 0.0519. The van der Waals surface area contributed by atoms with E-state index in [4.69, 9.17) is 16.3 Å². The van der Waals surface area contributed by atoms with Gasteiger partial charge in [0, 0.05) is 30.9 Å². The summed E-state index contributed by atoms with van der Waals surface area (Å²) in [6, 6.07) is 4.24. The molecule has 1 aliphatic heterocycles. The first-order chi connectivity index (χ1) is 12.4. The minimum absolute atomic E-state index is 0.108. The number of aromatic nitrogens is 1. The van der Waals surface area contributed by atoms with Crippen molar-refractivity contribution in [1.29, 1.82) is 0 Å². The summed E-state index contributed by atoms with van der Waals surface area (Å²) >= 11 is 5.58. The standard InChI is InChI=1S/C19H19ClF2N2O2/c1-3-11-9-24(13-5-15(21)18(20)16(22)6-13)10-12-8-23-17(7-14(11)12)19(25)26-4-2/h5-8,11H,3-4,9-10H2,1-2H3. The van der Waals surface area contributed by atoms with Gasteiger partial charge in [0.05, 0.1) is 6.61 Å². The fourth-order valence-corrected chi connectivity index (χ4v) is 3.34. The lowest BCUT2D eigenvalue weighted by Gasteiger charge is -2.36. The highest BCUT2D eigenvalue weighted by Gasteiger charge is 2.27. The lowest BCUT2D eigenvalue weighted by Crippen LogP contribution is -2.34. The maximum absolute atomic E-state index is 13.8. The molecule has 0 saturated carbocycles. The molecule has 138 valence electrons. The number of hydrogen-bond acceptors (Lipinski definition) is 4. The number of benzene rings is 1. The average molecular weight is 381 g/mol. The van der Waals surface area contributed by atoms with E-state index in [2.05, 4.69) is 4.98 Å². The summed E-state index contributed by atoms with van der Waals surface area (Å²) in [5.41, 5.74) is 2.66. The summed E-state index contributed by atoms with van der Waals surface area (Å²) in [5, 5.41) is -0.501. The number of carbonyl (C=O) groups excluding carboxylic acids is 1. The molecule has 0 spiro atoms. The maximum Gasteiger partial charge on any atom is 0.356 e. The van der Waals surface area contributed by atoms with Crippen molar-refractivity contribution in [2.45, 2.75) is 32.7 Å². The van der Waals surface area contributed by atoms with Gasteiger partial charge >= 0.3 is 5.97 Å². The van der Waals surface area contributed by atoms with Gasteiger partial charge < -0.3 is 9.64 Å². The van der Waals surface area contributed by atoms with Crippen molar-refractivity contribution in [1.82, 2.24) is 4.98 Å². The van der Waals surface area contributed by atoms with Gasteiger partial charge in [-0.25, -0.2) is 18.6 Å². The molecular formula is C19H19ClF2N2O2. The summed E-state index contributed by atoms with van der Waals surface area (Å²) in [7, 11) is 0. The number of nitrogens with zero attached hydrogens (tertiary/aromatic N) is 2. The molecule has 1 aromatic carbocycles. The molecule has 3 rings (SSSR count). The molecule has 7 heteroatoms. The molecule has 1 aliphatic rings. The molecule has 0 radical (unpaired) electrons. The predicted octanol–water partition coefficient (Wildman–Crippen LogP) is 4.70. The molecule has 0 N–H and O–H groups in total. The summed E-state index contributed by atoms with van der Waals surface area (Å²) in [6.07, 6.45) is 2.45. The number of esters is 1. The zero-order valence-electron chi connectivity index (χ0n) is 14.6. The third kappa shape index (κ3) is 3.51. The van der Waals surface area contributed by atoms with Gasteiger partial charge in [0.25, 0.3) is 0 Å². The summed E-state index contributed by atoms with van der Waals surface area (Å²) in [6.45, 7) is 5.09. The van der Waals surface area contributed by atoms with E-state index in [1.165, 1.54) is 12.1 Å². The summed E-state index contributed by atoms with van der Waals surface area (Å²) in [5.74, 6) is -1.90. The highest BCUT2D eigenvalue weighted by Crippen LogP contribution is 2.35. The van der Waals surface area contributed by atoms with Crippen molar-refractivity contribution in [3.8, 4) is 0 Å². The van der Waals surface area contributed by atoms with Crippen LogP contribution in [-0.4, -0.2) is 24.1 Å². The fraction of sp³-hybridized carbons (Fsp3) is 0.368. The van der Waals surface area contributed by atoms with Crippen molar-refractivity contribution in [3.63, 3.8) is 0 Å². The second-order valence-electron chi connectivity index (χ2n) is 6.20. The van der Waals surface area contributed by atoms with E-state index in [1.807, 2.05) is 11.8 Å². The topological polar surface area (TPSA) is 42.4 Å². The zero-order valence-corrected chi connectivity index (χ0v) is 15.3. The van der Waals surface area contributed by atoms with E-state index in [-0.39, 0.29) is 18.2 Å². The van der Waals surface area contributed by atoms with Gasteiger partial charge in [-0.2, -0.15) is 0 Å². The predicted molar refractivity (Wildman–Crippen MR) is 95.6 cm³/mol. The van der Waals surface area contributed by atoms with E-state index in [0.29, 0.717) is 18.8 Å². The second kappa shape index (κ2) is 7.58. The first kappa shape index (κ1) is 18.6. The van der Waals surface area contributed by atoms with Crippen LogP contribution in [0.2, 0.25) is 5.02 Å². The average Bonchev–Trinajstić information content (AvgIpc) is 2.64. The first-order valence-corrected chi connectivity index (χ1v) is 8.87. The summed E-state index contributed by atoms with van der Waals surface area (Å²) in [4.78, 5) is 18.0. The van der Waals surface area contributed by atoms with Crippen molar-refractivity contribution in [3.05, 3.63) is 57.9 Å². The van der Waals surface area contributed by atoms with Crippen LogP contribution < -0.4 is 4.90 Å². The molecule has 2 aromatic rings. The van der Waals surface area contributed by atoms with Crippen molar-refractivity contribution < 1.29 is 18.3 Å². The van der Waals surface area contributed by atoms with E-state index in [1.54, 1.807) is 19.2 Å². The Hall–Kier alpha value is -2.21. The fourth-order valence-electron chi connectivity index (χ4n) is 3.23. The first-order valence-electron chi connectivity index (χ1n) is 8.50. The Kier molecular flexibility index (Phi) is 5.41. The summed E-state index contributed by atoms with van der Waals surface area (Å²) < 4.78 is 32.7. The van der Waals surface area contributed by atoms with Crippen LogP contribution in [0.25, 0.3) is 0 Å². The van der Waals surface area contributed by atoms with Gasteiger partial charge in [-0.3, -0.25) is 0 Å². The van der Waals surface area contributed by atoms with Crippen LogP contribution in [0.4, 0.5) is 14.5 Å². The normalized spacial score (nSPS) is 16.3. The van der Waals surface area contributed by atoms with Gasteiger partial charge in [-0.1, -0.05) is 18.5 Å². The molecule has 0 bridgehead atoms. The molecule has 0 amide bonds. The smallest absolute Gasteiger partial charge is 0.356 e. The molecule has 1 aromatic heterocycles. The Labute approximate surface area is 155 Å². The van der Waals surface area contributed by atoms with Crippen LogP contribution >= 0.6 is 11.6 Å². The Balaban J connectivity index is 1.94. The number of anilines is 1. The molecule has 4 nitrogen and oxygen atoms in total. The third-order valence-corrected chi connectivity index (χ3v) is 4.94. The van der Waals surface area contributed by atoms with Crippen LogP contribution in [-0.2, 0) is 11.3 Å². The molecule has 0 saturated heterocycles. The molecule has 1 unspecified atom stereocenters. The quantitative estimate of drug-likeness (QED) is 0.569. The SMILES string of the molecule is CCOC(=O)c1cc2c(cn1)CN(c1cc(F)c(Cl)c(F)c1)CC2CC. The lowest BCUT2D eigenvalue weighted by atomic mass is 9.88. The third-order valence-electron chi connectivity index (χ3n) is 4.58. The monoisotopic (exact) mass is 380 g/mol. The van der Waals surface area contributed by atoms with E-state index in [9.17, 15) is 13.6 Å². The number of hydrogen-bond donors (Lipinski definition) is 0. The Morgan fingerprint density at radius 2 is 2.00 bits per heavy atom. The molecule has 2 heterocycles. The van der Waals surface area contributed by atoms with Crippen molar-refractivity contribution >= 4 is 23.3 Å². The highest BCUT2D eigenvalue weighted by molar-refractivity contribution is 6.30. The van der Waals surface area contributed by atoms with E-state index < -0.39 is 22.6 Å². The van der Waals surface area contributed by atoms with Gasteiger partial charge in [-0.05, 0) is 42.7 Å². The largest absolute Gasteiger partial charge is 0.461 e. The Morgan fingerprint density at radius 1 is 1.31 bits per heavy atom. The molecule has 0 aliphatic carbocycles. The number of halogens is 3. The van der Waals surface area contributed by atoms with Gasteiger partial charge in [0.2, 0.25) is 0 Å². The van der Waals surface area contributed by atoms with Gasteiger partial charge in [-0.15, -0.1) is 0 Å². The zero-order chi connectivity index (χ0) is 18.8. The van der Waals surface area contributed by atoms with Crippen molar-refractivity contribution in [2.75, 3.05) is 18.1 Å². The number of ether oxygens (including phenoxy) is 1. The Bertz CT molecular complexity index is 821. The Morgan fingerprint density at radius 3 is 2.62 bits per heavy atom. The van der Waals surface area contributed by atoms with Crippen LogP contribution in [0.3, 0.4) is 0 Å². The highest BCUT2D eigenvalue weighted by atomic mass is 35.5. The van der Waals surface area contributed by atoms with Crippen molar-refractivity contribution in [2.24, 2.45) is 0 Å². The van der Waals surface area contributed by atoms with Crippen LogP contribution in [0.5, 0.6) is 0 Å². The molecular weight excluding hydrogens is 362 g/mol. The van der Waals surface area contributed by atoms with Gasteiger partial charge in [0.15, 0.2) is 0 Å². The maximum atomic E-state index is 13.8. The van der Waals surface area contributed by atoms with Crippen LogP contribution in [0.15, 0.2) is 24.4 Å². The second-order valence-corrected chi connectivity index (χ2v) is 6.58. The molecule has 0 fully saturated rings. The van der Waals surface area contributed by atoms with Gasteiger partial charge in [0.1, 0.15) is 22.4 Å². The van der Waals surface area contributed by atoms with E-state index >= 15 is 0 Å². The van der Waals surface area contributed by atoms with Crippen LogP contribution in [0.1, 0.15) is 47.8 Å². The number of fused-ring (bicyclic) bond motifs is 1. The number of rotatable bonds is 4. The minimum Gasteiger partial charge on any atom is -0.461 e. The van der Waals surface area contributed by atoms with Crippen LogP contribution in [0, 0.1) is 11.6 Å². The van der Waals surface area contributed by atoms with E-state index in [0.717, 1.165) is 17.5 Å². The number of pyridine rings is 1.